The normalized spacial score (nSPS) is 12.3. The zero-order valence-corrected chi connectivity index (χ0v) is 19.8. The van der Waals surface area contributed by atoms with E-state index in [1.807, 2.05) is 24.3 Å². The standard InChI is InChI=1S/C26H27NO2.Na/c1-18(2)19-8-12-22(13-9-19)24(16-17-25(27)26(28)29)23-14-10-21(11-15-23)20-6-4-3-5-7-20;/h3-16,18,25H,17,27H2,1-2H3,(H,28,29);/q;+1/p-1/b24-16+;. The molecule has 0 radical (unpaired) electrons. The van der Waals surface area contributed by atoms with Crippen LogP contribution in [-0.4, -0.2) is 12.0 Å². The first-order valence-electron chi connectivity index (χ1n) is 9.88. The smallest absolute Gasteiger partial charge is 0.548 e. The summed E-state index contributed by atoms with van der Waals surface area (Å²) in [5.41, 5.74) is 12.3. The fourth-order valence-corrected chi connectivity index (χ4v) is 3.26. The summed E-state index contributed by atoms with van der Waals surface area (Å²) in [4.78, 5) is 11.0. The molecule has 1 atom stereocenters. The van der Waals surface area contributed by atoms with Crippen LogP contribution >= 0.6 is 0 Å². The third-order valence-corrected chi connectivity index (χ3v) is 5.07. The van der Waals surface area contributed by atoms with Crippen molar-refractivity contribution in [3.63, 3.8) is 0 Å². The van der Waals surface area contributed by atoms with Crippen LogP contribution in [0.3, 0.4) is 0 Å². The number of carboxylic acids is 1. The second-order valence-corrected chi connectivity index (χ2v) is 7.50. The summed E-state index contributed by atoms with van der Waals surface area (Å²) >= 11 is 0. The van der Waals surface area contributed by atoms with Crippen LogP contribution in [-0.2, 0) is 4.79 Å². The molecule has 1 unspecified atom stereocenters. The van der Waals surface area contributed by atoms with Crippen LogP contribution in [0, 0.1) is 0 Å². The summed E-state index contributed by atoms with van der Waals surface area (Å²) in [5, 5.41) is 11.0. The molecule has 0 aliphatic carbocycles. The van der Waals surface area contributed by atoms with Gasteiger partial charge in [-0.2, -0.15) is 0 Å². The second kappa shape index (κ2) is 11.3. The quantitative estimate of drug-likeness (QED) is 0.602. The molecule has 0 saturated carbocycles. The van der Waals surface area contributed by atoms with Crippen molar-refractivity contribution in [2.24, 2.45) is 5.73 Å². The molecule has 0 fully saturated rings. The molecule has 0 amide bonds. The van der Waals surface area contributed by atoms with E-state index in [1.165, 1.54) is 5.56 Å². The zero-order valence-electron chi connectivity index (χ0n) is 17.8. The first-order valence-corrected chi connectivity index (χ1v) is 9.88. The van der Waals surface area contributed by atoms with Crippen molar-refractivity contribution in [2.75, 3.05) is 0 Å². The first-order chi connectivity index (χ1) is 14.0. The van der Waals surface area contributed by atoms with Gasteiger partial charge in [-0.05, 0) is 45.7 Å². The molecule has 2 N–H and O–H groups in total. The number of hydrogen-bond acceptors (Lipinski definition) is 3. The average Bonchev–Trinajstić information content (AvgIpc) is 2.75. The van der Waals surface area contributed by atoms with E-state index < -0.39 is 12.0 Å². The van der Waals surface area contributed by atoms with Crippen molar-refractivity contribution in [1.82, 2.24) is 0 Å². The minimum Gasteiger partial charge on any atom is -0.548 e. The summed E-state index contributed by atoms with van der Waals surface area (Å²) < 4.78 is 0. The fraction of sp³-hybridized carbons (Fsp3) is 0.192. The van der Waals surface area contributed by atoms with Gasteiger partial charge < -0.3 is 15.6 Å². The number of hydrogen-bond donors (Lipinski definition) is 1. The molecule has 0 aromatic heterocycles. The predicted octanol–water partition coefficient (Wildman–Crippen LogP) is 1.38. The summed E-state index contributed by atoms with van der Waals surface area (Å²) in [7, 11) is 0. The number of carbonyl (C=O) groups excluding carboxylic acids is 1. The van der Waals surface area contributed by atoms with Crippen molar-refractivity contribution in [3.8, 4) is 11.1 Å². The molecular weight excluding hydrogens is 381 g/mol. The van der Waals surface area contributed by atoms with E-state index in [2.05, 4.69) is 74.5 Å². The van der Waals surface area contributed by atoms with Gasteiger partial charge >= 0.3 is 29.6 Å². The Morgan fingerprint density at radius 2 is 1.37 bits per heavy atom. The molecule has 3 aromatic rings. The summed E-state index contributed by atoms with van der Waals surface area (Å²) in [6.45, 7) is 4.32. The molecule has 0 spiro atoms. The van der Waals surface area contributed by atoms with Gasteiger partial charge in [-0.1, -0.05) is 98.8 Å². The van der Waals surface area contributed by atoms with E-state index >= 15 is 0 Å². The number of benzene rings is 3. The molecule has 0 heterocycles. The molecule has 3 nitrogen and oxygen atoms in total. The fourth-order valence-electron chi connectivity index (χ4n) is 3.26. The molecule has 30 heavy (non-hydrogen) atoms. The van der Waals surface area contributed by atoms with E-state index in [0.29, 0.717) is 5.92 Å². The minimum absolute atomic E-state index is 0. The van der Waals surface area contributed by atoms with Gasteiger partial charge in [0.15, 0.2) is 0 Å². The molecule has 3 aromatic carbocycles. The Hall–Kier alpha value is -2.17. The molecule has 3 rings (SSSR count). The number of aliphatic carboxylic acids is 1. The van der Waals surface area contributed by atoms with Crippen molar-refractivity contribution in [1.29, 1.82) is 0 Å². The zero-order chi connectivity index (χ0) is 20.8. The molecule has 148 valence electrons. The van der Waals surface area contributed by atoms with Crippen LogP contribution in [0.2, 0.25) is 0 Å². The van der Waals surface area contributed by atoms with E-state index in [9.17, 15) is 9.90 Å². The Kier molecular flexibility index (Phi) is 9.07. The third-order valence-electron chi connectivity index (χ3n) is 5.07. The molecule has 0 aliphatic heterocycles. The SMILES string of the molecule is CC(C)c1ccc(/C(=C\CC(N)C(=O)[O-])c2ccc(-c3ccccc3)cc2)cc1.[Na+]. The van der Waals surface area contributed by atoms with Crippen LogP contribution in [0.25, 0.3) is 16.7 Å². The Labute approximate surface area is 200 Å². The Bertz CT molecular complexity index is 978. The van der Waals surface area contributed by atoms with E-state index in [4.69, 9.17) is 5.73 Å². The van der Waals surface area contributed by atoms with Gasteiger partial charge in [0, 0.05) is 6.04 Å². The molecule has 4 heteroatoms. The molecule has 0 aliphatic rings. The van der Waals surface area contributed by atoms with Crippen LogP contribution in [0.15, 0.2) is 84.9 Å². The summed E-state index contributed by atoms with van der Waals surface area (Å²) in [6.07, 6.45) is 2.10. The van der Waals surface area contributed by atoms with Gasteiger partial charge in [-0.3, -0.25) is 0 Å². The Morgan fingerprint density at radius 3 is 1.87 bits per heavy atom. The monoisotopic (exact) mass is 407 g/mol. The van der Waals surface area contributed by atoms with Gasteiger partial charge in [0.05, 0.1) is 5.97 Å². The van der Waals surface area contributed by atoms with Gasteiger partial charge in [0.1, 0.15) is 0 Å². The maximum absolute atomic E-state index is 11.0. The van der Waals surface area contributed by atoms with Crippen LogP contribution in [0.1, 0.15) is 42.9 Å². The van der Waals surface area contributed by atoms with E-state index in [1.54, 1.807) is 0 Å². The second-order valence-electron chi connectivity index (χ2n) is 7.50. The number of carbonyl (C=O) groups is 1. The van der Waals surface area contributed by atoms with Crippen LogP contribution in [0.5, 0.6) is 0 Å². The van der Waals surface area contributed by atoms with Gasteiger partial charge in [-0.15, -0.1) is 0 Å². The van der Waals surface area contributed by atoms with E-state index in [-0.39, 0.29) is 36.0 Å². The predicted molar refractivity (Wildman–Crippen MR) is 117 cm³/mol. The maximum atomic E-state index is 11.0. The third kappa shape index (κ3) is 6.16. The minimum atomic E-state index is -1.24. The van der Waals surface area contributed by atoms with Crippen molar-refractivity contribution < 1.29 is 39.5 Å². The maximum Gasteiger partial charge on any atom is 1.00 e. The van der Waals surface area contributed by atoms with Crippen LogP contribution in [0.4, 0.5) is 0 Å². The number of nitrogens with two attached hydrogens (primary N) is 1. The number of carboxylic acid groups (broad SMARTS) is 1. The number of rotatable bonds is 7. The summed E-state index contributed by atoms with van der Waals surface area (Å²) in [5.74, 6) is -0.789. The van der Waals surface area contributed by atoms with Gasteiger partial charge in [0.2, 0.25) is 0 Å². The molecule has 0 bridgehead atoms. The van der Waals surface area contributed by atoms with Crippen molar-refractivity contribution in [2.45, 2.75) is 32.2 Å². The average molecular weight is 407 g/mol. The van der Waals surface area contributed by atoms with Gasteiger partial charge in [-0.25, -0.2) is 0 Å². The van der Waals surface area contributed by atoms with E-state index in [0.717, 1.165) is 27.8 Å². The van der Waals surface area contributed by atoms with Crippen molar-refractivity contribution >= 4 is 11.5 Å². The van der Waals surface area contributed by atoms with Gasteiger partial charge in [0.25, 0.3) is 0 Å². The Balaban J connectivity index is 0.00000320. The largest absolute Gasteiger partial charge is 1.00 e. The Morgan fingerprint density at radius 1 is 0.867 bits per heavy atom. The topological polar surface area (TPSA) is 66.2 Å². The van der Waals surface area contributed by atoms with Crippen LogP contribution < -0.4 is 40.4 Å². The molecule has 0 saturated heterocycles. The summed E-state index contributed by atoms with van der Waals surface area (Å²) in [6, 6.07) is 25.9. The van der Waals surface area contributed by atoms with Crippen molar-refractivity contribution in [3.05, 3.63) is 102 Å². The molecular formula is C26H26NNaO2. The first kappa shape index (κ1) is 24.1.